The van der Waals surface area contributed by atoms with Crippen LogP contribution < -0.4 is 0 Å². The summed E-state index contributed by atoms with van der Waals surface area (Å²) in [6.45, 7) is 3.78. The van der Waals surface area contributed by atoms with E-state index in [1.54, 1.807) is 0 Å². The molecule has 0 rings (SSSR count). The molecule has 0 fully saturated rings. The van der Waals surface area contributed by atoms with Gasteiger partial charge in [0.25, 0.3) is 0 Å². The lowest BCUT2D eigenvalue weighted by atomic mass is 9.74. The third kappa shape index (κ3) is 2.71. The van der Waals surface area contributed by atoms with Gasteiger partial charge >= 0.3 is 0 Å². The van der Waals surface area contributed by atoms with E-state index in [0.29, 0.717) is 12.7 Å². The van der Waals surface area contributed by atoms with E-state index in [-0.39, 0.29) is 12.0 Å². The summed E-state index contributed by atoms with van der Waals surface area (Å²) < 4.78 is 0. The molecule has 0 saturated heterocycles. The van der Waals surface area contributed by atoms with Gasteiger partial charge in [-0.2, -0.15) is 0 Å². The van der Waals surface area contributed by atoms with E-state index in [1.807, 2.05) is 13.8 Å². The summed E-state index contributed by atoms with van der Waals surface area (Å²) in [6, 6.07) is 0. The molecule has 10 heavy (non-hydrogen) atoms. The van der Waals surface area contributed by atoms with E-state index in [2.05, 4.69) is 0 Å². The number of aliphatic hydroxyl groups excluding tert-OH is 2. The number of rotatable bonds is 4. The molecule has 58 valence electrons. The fourth-order valence-corrected chi connectivity index (χ4v) is 0.649. The molecule has 0 unspecified atom stereocenters. The van der Waals surface area contributed by atoms with Crippen LogP contribution in [0.4, 0.5) is 0 Å². The zero-order chi connectivity index (χ0) is 8.20. The Balaban J connectivity index is 3.78. The normalized spacial score (nSPS) is 15.2. The van der Waals surface area contributed by atoms with Gasteiger partial charge in [0.2, 0.25) is 0 Å². The lowest BCUT2D eigenvalue weighted by Gasteiger charge is -2.28. The fourth-order valence-electron chi connectivity index (χ4n) is 0.649. The molecule has 2 radical (unpaired) electrons. The lowest BCUT2D eigenvalue weighted by Crippen LogP contribution is -2.29. The van der Waals surface area contributed by atoms with Crippen molar-refractivity contribution in [3.8, 4) is 0 Å². The van der Waals surface area contributed by atoms with Gasteiger partial charge < -0.3 is 10.2 Å². The van der Waals surface area contributed by atoms with Crippen LogP contribution in [0.1, 0.15) is 20.3 Å². The van der Waals surface area contributed by atoms with Crippen LogP contribution in [0.5, 0.6) is 0 Å². The molecule has 0 heterocycles. The topological polar surface area (TPSA) is 40.5 Å². The quantitative estimate of drug-likeness (QED) is 0.555. The first kappa shape index (κ1) is 9.98. The molecule has 0 aliphatic heterocycles. The van der Waals surface area contributed by atoms with Crippen LogP contribution in [-0.4, -0.2) is 30.8 Å². The van der Waals surface area contributed by atoms with E-state index in [0.717, 1.165) is 0 Å². The Labute approximate surface area is 63.7 Å². The molecule has 0 aromatic carbocycles. The molecule has 0 aliphatic carbocycles. The minimum Gasteiger partial charge on any atom is -0.396 e. The molecule has 0 saturated carbocycles. The van der Waals surface area contributed by atoms with Crippen LogP contribution in [-0.2, 0) is 0 Å². The summed E-state index contributed by atoms with van der Waals surface area (Å²) >= 11 is 0. The standard InChI is InChI=1S/C7H15BO2/c1-7(2,5-8)6(10)3-4-9/h6,9-10H,3-5H2,1-2H3/t6-/m0/s1. The molecule has 0 bridgehead atoms. The van der Waals surface area contributed by atoms with E-state index in [1.165, 1.54) is 0 Å². The van der Waals surface area contributed by atoms with Crippen molar-refractivity contribution in [3.05, 3.63) is 0 Å². The minimum atomic E-state index is -0.498. The first-order chi connectivity index (χ1) is 4.54. The summed E-state index contributed by atoms with van der Waals surface area (Å²) in [5.74, 6) is 0. The van der Waals surface area contributed by atoms with Gasteiger partial charge in [0.05, 0.1) is 14.0 Å². The number of hydrogen-bond acceptors (Lipinski definition) is 2. The van der Waals surface area contributed by atoms with Gasteiger partial charge in [0, 0.05) is 6.61 Å². The maximum absolute atomic E-state index is 9.34. The van der Waals surface area contributed by atoms with Gasteiger partial charge in [-0.3, -0.25) is 0 Å². The SMILES string of the molecule is [B]CC(C)(C)[C@@H](O)CCO. The molecule has 0 amide bonds. The van der Waals surface area contributed by atoms with Crippen molar-refractivity contribution in [2.45, 2.75) is 32.7 Å². The Kier molecular flexibility index (Phi) is 3.98. The molecule has 2 nitrogen and oxygen atoms in total. The van der Waals surface area contributed by atoms with Gasteiger partial charge in [-0.15, -0.1) is 0 Å². The average molecular weight is 142 g/mol. The molecule has 0 spiro atoms. The Morgan fingerprint density at radius 3 is 2.30 bits per heavy atom. The van der Waals surface area contributed by atoms with E-state index >= 15 is 0 Å². The smallest absolute Gasteiger partial charge is 0.0661 e. The first-order valence-corrected chi connectivity index (χ1v) is 3.53. The van der Waals surface area contributed by atoms with Crippen molar-refractivity contribution in [1.29, 1.82) is 0 Å². The van der Waals surface area contributed by atoms with Crippen molar-refractivity contribution in [1.82, 2.24) is 0 Å². The molecule has 3 heteroatoms. The Morgan fingerprint density at radius 2 is 2.00 bits per heavy atom. The molecule has 1 atom stereocenters. The van der Waals surface area contributed by atoms with E-state index < -0.39 is 6.10 Å². The maximum atomic E-state index is 9.34. The minimum absolute atomic E-state index is 0.0184. The van der Waals surface area contributed by atoms with Gasteiger partial charge in [-0.1, -0.05) is 20.2 Å². The van der Waals surface area contributed by atoms with Crippen LogP contribution in [0.25, 0.3) is 0 Å². The average Bonchev–Trinajstić information content (AvgIpc) is 1.89. The number of hydrogen-bond donors (Lipinski definition) is 2. The third-order valence-corrected chi connectivity index (χ3v) is 1.83. The zero-order valence-electron chi connectivity index (χ0n) is 6.67. The second kappa shape index (κ2) is 3.99. The first-order valence-electron chi connectivity index (χ1n) is 3.53. The monoisotopic (exact) mass is 142 g/mol. The molecule has 2 N–H and O–H groups in total. The highest BCUT2D eigenvalue weighted by atomic mass is 16.3. The van der Waals surface area contributed by atoms with Gasteiger partial charge in [0.15, 0.2) is 0 Å². The van der Waals surface area contributed by atoms with Crippen molar-refractivity contribution in [2.24, 2.45) is 5.41 Å². The number of aliphatic hydroxyl groups is 2. The van der Waals surface area contributed by atoms with Crippen LogP contribution in [0.2, 0.25) is 6.32 Å². The predicted molar refractivity (Wildman–Crippen MR) is 42.1 cm³/mol. The Bertz CT molecular complexity index is 93.6. The third-order valence-electron chi connectivity index (χ3n) is 1.83. The summed E-state index contributed by atoms with van der Waals surface area (Å²) in [7, 11) is 5.40. The Hall–Kier alpha value is -0.0151. The predicted octanol–water partition coefficient (Wildman–Crippen LogP) is 0.343. The summed E-state index contributed by atoms with van der Waals surface area (Å²) in [5.41, 5.74) is -0.275. The van der Waals surface area contributed by atoms with Gasteiger partial charge in [-0.25, -0.2) is 0 Å². The van der Waals surface area contributed by atoms with Crippen molar-refractivity contribution in [3.63, 3.8) is 0 Å². The van der Waals surface area contributed by atoms with Gasteiger partial charge in [0.1, 0.15) is 0 Å². The van der Waals surface area contributed by atoms with Crippen LogP contribution in [0.3, 0.4) is 0 Å². The summed E-state index contributed by atoms with van der Waals surface area (Å²) in [5, 5.41) is 17.8. The summed E-state index contributed by atoms with van der Waals surface area (Å²) in [4.78, 5) is 0. The highest BCUT2D eigenvalue weighted by molar-refractivity contribution is 6.08. The second-order valence-corrected chi connectivity index (χ2v) is 3.22. The highest BCUT2D eigenvalue weighted by Crippen LogP contribution is 2.25. The van der Waals surface area contributed by atoms with E-state index in [9.17, 15) is 5.11 Å². The van der Waals surface area contributed by atoms with Crippen LogP contribution in [0.15, 0.2) is 0 Å². The molecular weight excluding hydrogens is 127 g/mol. The molecule has 0 aromatic heterocycles. The largest absolute Gasteiger partial charge is 0.396 e. The van der Waals surface area contributed by atoms with Gasteiger partial charge in [-0.05, 0) is 11.8 Å². The molecule has 0 aliphatic rings. The highest BCUT2D eigenvalue weighted by Gasteiger charge is 2.24. The molecule has 0 aromatic rings. The van der Waals surface area contributed by atoms with Crippen molar-refractivity contribution < 1.29 is 10.2 Å². The molecular formula is C7H15BO2. The van der Waals surface area contributed by atoms with Crippen molar-refractivity contribution in [2.75, 3.05) is 6.61 Å². The lowest BCUT2D eigenvalue weighted by molar-refractivity contribution is 0.0410. The maximum Gasteiger partial charge on any atom is 0.0661 e. The second-order valence-electron chi connectivity index (χ2n) is 3.22. The fraction of sp³-hybridized carbons (Fsp3) is 1.00. The van der Waals surface area contributed by atoms with Crippen LogP contribution in [0, 0.1) is 5.41 Å². The zero-order valence-corrected chi connectivity index (χ0v) is 6.67. The van der Waals surface area contributed by atoms with E-state index in [4.69, 9.17) is 13.0 Å². The Morgan fingerprint density at radius 1 is 1.50 bits per heavy atom. The van der Waals surface area contributed by atoms with Crippen molar-refractivity contribution >= 4 is 7.85 Å². The summed E-state index contributed by atoms with van der Waals surface area (Å²) in [6.07, 6.45) is 0.348. The van der Waals surface area contributed by atoms with Crippen LogP contribution >= 0.6 is 0 Å².